The van der Waals surface area contributed by atoms with Crippen molar-refractivity contribution in [2.45, 2.75) is 39.4 Å². The van der Waals surface area contributed by atoms with Crippen molar-refractivity contribution >= 4 is 35.8 Å². The van der Waals surface area contributed by atoms with Gasteiger partial charge in [0.1, 0.15) is 0 Å². The van der Waals surface area contributed by atoms with E-state index in [0.29, 0.717) is 37.6 Å². The van der Waals surface area contributed by atoms with Gasteiger partial charge in [-0.25, -0.2) is 4.99 Å². The number of halogens is 4. The number of rotatable bonds is 8. The van der Waals surface area contributed by atoms with E-state index in [1.54, 1.807) is 6.07 Å². The molecule has 0 aromatic heterocycles. The van der Waals surface area contributed by atoms with Crippen molar-refractivity contribution in [3.8, 4) is 0 Å². The molecule has 26 heavy (non-hydrogen) atoms. The number of hydrogen-bond donors (Lipinski definition) is 3. The number of carbonyl (C=O) groups excluding carboxylic acids is 1. The fourth-order valence-corrected chi connectivity index (χ4v) is 2.01. The molecular formula is C17H26F3IN4O. The molecule has 0 aliphatic rings. The maximum atomic E-state index is 12.7. The summed E-state index contributed by atoms with van der Waals surface area (Å²) in [5, 5.41) is 8.77. The molecule has 0 saturated heterocycles. The number of carbonyl (C=O) groups is 1. The summed E-state index contributed by atoms with van der Waals surface area (Å²) in [4.78, 5) is 15.8. The molecule has 3 N–H and O–H groups in total. The standard InChI is InChI=1S/C17H25F3N4O.HI/c1-3-9-22-15(25)8-10-23-16(21-4-2)24-12-13-6-5-7-14(11-13)17(18,19)20;/h5-7,11H,3-4,8-10,12H2,1-2H3,(H,22,25)(H2,21,23,24);1H. The number of hydrogen-bond acceptors (Lipinski definition) is 2. The quantitative estimate of drug-likeness (QED) is 0.300. The van der Waals surface area contributed by atoms with Crippen molar-refractivity contribution in [3.63, 3.8) is 0 Å². The summed E-state index contributed by atoms with van der Waals surface area (Å²) in [5.41, 5.74) is -0.224. The average Bonchev–Trinajstić information content (AvgIpc) is 2.57. The SMILES string of the molecule is CCCNC(=O)CCNC(=NCc1cccc(C(F)(F)F)c1)NCC.I. The summed E-state index contributed by atoms with van der Waals surface area (Å²) in [7, 11) is 0. The Bertz CT molecular complexity index is 579. The molecule has 1 rings (SSSR count). The molecule has 1 amide bonds. The minimum atomic E-state index is -4.37. The van der Waals surface area contributed by atoms with Crippen molar-refractivity contribution in [2.24, 2.45) is 4.99 Å². The summed E-state index contributed by atoms with van der Waals surface area (Å²) in [6, 6.07) is 5.09. The number of aliphatic imine (C=N–C) groups is 1. The lowest BCUT2D eigenvalue weighted by atomic mass is 10.1. The first-order valence-electron chi connectivity index (χ1n) is 8.31. The second kappa shape index (κ2) is 12.8. The number of benzene rings is 1. The summed E-state index contributed by atoms with van der Waals surface area (Å²) >= 11 is 0. The summed E-state index contributed by atoms with van der Waals surface area (Å²) in [6.45, 7) is 5.61. The molecule has 148 valence electrons. The third-order valence-corrected chi connectivity index (χ3v) is 3.23. The van der Waals surface area contributed by atoms with Gasteiger partial charge in [-0.05, 0) is 31.0 Å². The molecule has 0 bridgehead atoms. The van der Waals surface area contributed by atoms with E-state index in [1.165, 1.54) is 6.07 Å². The van der Waals surface area contributed by atoms with Crippen molar-refractivity contribution in [1.29, 1.82) is 0 Å². The molecular weight excluding hydrogens is 460 g/mol. The first-order chi connectivity index (χ1) is 11.9. The van der Waals surface area contributed by atoms with Crippen LogP contribution in [0.1, 0.15) is 37.8 Å². The van der Waals surface area contributed by atoms with Crippen LogP contribution in [0.5, 0.6) is 0 Å². The molecule has 0 saturated carbocycles. The number of amides is 1. The molecule has 5 nitrogen and oxygen atoms in total. The van der Waals surface area contributed by atoms with Crippen molar-refractivity contribution in [2.75, 3.05) is 19.6 Å². The van der Waals surface area contributed by atoms with Gasteiger partial charge in [-0.2, -0.15) is 13.2 Å². The normalized spacial score (nSPS) is 11.5. The Kier molecular flexibility index (Phi) is 12.0. The van der Waals surface area contributed by atoms with Gasteiger partial charge in [0.05, 0.1) is 12.1 Å². The summed E-state index contributed by atoms with van der Waals surface area (Å²) < 4.78 is 38.2. The Morgan fingerprint density at radius 3 is 2.46 bits per heavy atom. The second-order valence-electron chi connectivity index (χ2n) is 5.42. The van der Waals surface area contributed by atoms with Crippen LogP contribution in [0.3, 0.4) is 0 Å². The van der Waals surface area contributed by atoms with E-state index < -0.39 is 11.7 Å². The topological polar surface area (TPSA) is 65.5 Å². The van der Waals surface area contributed by atoms with Gasteiger partial charge in [-0.3, -0.25) is 4.79 Å². The monoisotopic (exact) mass is 486 g/mol. The van der Waals surface area contributed by atoms with Gasteiger partial charge >= 0.3 is 6.18 Å². The van der Waals surface area contributed by atoms with Gasteiger partial charge in [-0.15, -0.1) is 24.0 Å². The predicted octanol–water partition coefficient (Wildman–Crippen LogP) is 3.29. The van der Waals surface area contributed by atoms with Crippen LogP contribution < -0.4 is 16.0 Å². The fourth-order valence-electron chi connectivity index (χ4n) is 2.01. The smallest absolute Gasteiger partial charge is 0.357 e. The Labute approximate surface area is 169 Å². The summed E-state index contributed by atoms with van der Waals surface area (Å²) in [6.07, 6.45) is -3.19. The lowest BCUT2D eigenvalue weighted by molar-refractivity contribution is -0.137. The zero-order chi connectivity index (χ0) is 18.7. The third kappa shape index (κ3) is 9.83. The minimum absolute atomic E-state index is 0. The Morgan fingerprint density at radius 1 is 1.12 bits per heavy atom. The minimum Gasteiger partial charge on any atom is -0.357 e. The Morgan fingerprint density at radius 2 is 1.85 bits per heavy atom. The molecule has 0 aliphatic heterocycles. The van der Waals surface area contributed by atoms with Gasteiger partial charge in [0.25, 0.3) is 0 Å². The van der Waals surface area contributed by atoms with Crippen LogP contribution in [0.15, 0.2) is 29.3 Å². The molecule has 0 unspecified atom stereocenters. The van der Waals surface area contributed by atoms with Crippen LogP contribution in [0.4, 0.5) is 13.2 Å². The molecule has 1 aromatic rings. The molecule has 0 radical (unpaired) electrons. The van der Waals surface area contributed by atoms with E-state index in [9.17, 15) is 18.0 Å². The number of nitrogens with one attached hydrogen (secondary N) is 3. The van der Waals surface area contributed by atoms with Gasteiger partial charge in [-0.1, -0.05) is 19.1 Å². The highest BCUT2D eigenvalue weighted by atomic mass is 127. The van der Waals surface area contributed by atoms with E-state index in [1.807, 2.05) is 13.8 Å². The zero-order valence-electron chi connectivity index (χ0n) is 14.9. The summed E-state index contributed by atoms with van der Waals surface area (Å²) in [5.74, 6) is 0.409. The average molecular weight is 486 g/mol. The highest BCUT2D eigenvalue weighted by Crippen LogP contribution is 2.29. The van der Waals surface area contributed by atoms with Crippen LogP contribution in [0, 0.1) is 0 Å². The third-order valence-electron chi connectivity index (χ3n) is 3.23. The lowest BCUT2D eigenvalue weighted by Crippen LogP contribution is -2.39. The maximum Gasteiger partial charge on any atom is 0.416 e. The van der Waals surface area contributed by atoms with E-state index in [-0.39, 0.29) is 36.4 Å². The molecule has 0 spiro atoms. The molecule has 1 aromatic carbocycles. The lowest BCUT2D eigenvalue weighted by Gasteiger charge is -2.12. The molecule has 0 fully saturated rings. The fraction of sp³-hybridized carbons (Fsp3) is 0.529. The number of nitrogens with zero attached hydrogens (tertiary/aromatic N) is 1. The Hall–Kier alpha value is -1.52. The second-order valence-corrected chi connectivity index (χ2v) is 5.42. The molecule has 0 atom stereocenters. The van der Waals surface area contributed by atoms with Crippen molar-refractivity contribution in [3.05, 3.63) is 35.4 Å². The zero-order valence-corrected chi connectivity index (χ0v) is 17.3. The molecule has 0 heterocycles. The van der Waals surface area contributed by atoms with Gasteiger partial charge in [0.15, 0.2) is 5.96 Å². The predicted molar refractivity (Wildman–Crippen MR) is 108 cm³/mol. The largest absolute Gasteiger partial charge is 0.416 e. The van der Waals surface area contributed by atoms with Gasteiger partial charge < -0.3 is 16.0 Å². The number of guanidine groups is 1. The van der Waals surface area contributed by atoms with Crippen molar-refractivity contribution < 1.29 is 18.0 Å². The maximum absolute atomic E-state index is 12.7. The van der Waals surface area contributed by atoms with E-state index in [4.69, 9.17) is 0 Å². The van der Waals surface area contributed by atoms with Crippen LogP contribution in [0.25, 0.3) is 0 Å². The first-order valence-corrected chi connectivity index (χ1v) is 8.31. The van der Waals surface area contributed by atoms with Crippen LogP contribution in [0.2, 0.25) is 0 Å². The van der Waals surface area contributed by atoms with Gasteiger partial charge in [0.2, 0.25) is 5.91 Å². The highest BCUT2D eigenvalue weighted by molar-refractivity contribution is 14.0. The molecule has 9 heteroatoms. The number of alkyl halides is 3. The van der Waals surface area contributed by atoms with E-state index in [0.717, 1.165) is 18.6 Å². The van der Waals surface area contributed by atoms with Crippen molar-refractivity contribution in [1.82, 2.24) is 16.0 Å². The van der Waals surface area contributed by atoms with Crippen LogP contribution >= 0.6 is 24.0 Å². The van der Waals surface area contributed by atoms with E-state index >= 15 is 0 Å². The van der Waals surface area contributed by atoms with Crippen LogP contribution in [-0.4, -0.2) is 31.5 Å². The molecule has 0 aliphatic carbocycles. The van der Waals surface area contributed by atoms with E-state index in [2.05, 4.69) is 20.9 Å². The highest BCUT2D eigenvalue weighted by Gasteiger charge is 2.30. The van der Waals surface area contributed by atoms with Gasteiger partial charge in [0, 0.05) is 26.1 Å². The van der Waals surface area contributed by atoms with Crippen LogP contribution in [-0.2, 0) is 17.5 Å². The Balaban J connectivity index is 0.00000625. The first kappa shape index (κ1) is 24.5.